The van der Waals surface area contributed by atoms with Crippen molar-refractivity contribution in [3.8, 4) is 0 Å². The Morgan fingerprint density at radius 3 is 2.46 bits per heavy atom. The summed E-state index contributed by atoms with van der Waals surface area (Å²) in [5, 5.41) is 3.40. The second kappa shape index (κ2) is 12.6. The molecule has 1 N–H and O–H groups in total. The highest BCUT2D eigenvalue weighted by atomic mass is 35.5. The van der Waals surface area contributed by atoms with Gasteiger partial charge in [0.15, 0.2) is 0 Å². The van der Waals surface area contributed by atoms with Gasteiger partial charge in [-0.3, -0.25) is 9.69 Å². The highest BCUT2D eigenvalue weighted by Crippen LogP contribution is 2.25. The molecule has 0 saturated carbocycles. The lowest BCUT2D eigenvalue weighted by Crippen LogP contribution is -2.37. The zero-order valence-corrected chi connectivity index (χ0v) is 18.4. The highest BCUT2D eigenvalue weighted by Gasteiger charge is 2.25. The summed E-state index contributed by atoms with van der Waals surface area (Å²) < 4.78 is 13.0. The van der Waals surface area contributed by atoms with Crippen LogP contribution in [-0.4, -0.2) is 55.0 Å². The van der Waals surface area contributed by atoms with Gasteiger partial charge in [0.1, 0.15) is 5.82 Å². The van der Waals surface area contributed by atoms with Crippen molar-refractivity contribution in [1.29, 1.82) is 0 Å². The number of hydrogen-bond donors (Lipinski definition) is 1. The van der Waals surface area contributed by atoms with E-state index in [0.29, 0.717) is 24.2 Å². The van der Waals surface area contributed by atoms with Gasteiger partial charge in [0.25, 0.3) is 0 Å². The van der Waals surface area contributed by atoms with Crippen LogP contribution in [0.4, 0.5) is 4.39 Å². The SMILES string of the molecule is CC(CC(=O)N1CCCN(Cc2ccc(F)cc2)CC1)C1CCNCC1.Cl.Cl. The first-order valence-corrected chi connectivity index (χ1v) is 10.1. The Kier molecular flexibility index (Phi) is 11.4. The normalized spacial score (nSPS) is 19.9. The van der Waals surface area contributed by atoms with E-state index >= 15 is 0 Å². The number of halogens is 3. The van der Waals surface area contributed by atoms with E-state index in [1.54, 1.807) is 0 Å². The number of nitrogens with one attached hydrogen (secondary N) is 1. The fraction of sp³-hybridized carbons (Fsp3) is 0.667. The maximum absolute atomic E-state index is 13.0. The maximum Gasteiger partial charge on any atom is 0.222 e. The number of piperidine rings is 1. The van der Waals surface area contributed by atoms with Crippen molar-refractivity contribution in [1.82, 2.24) is 15.1 Å². The van der Waals surface area contributed by atoms with Crippen LogP contribution in [0.3, 0.4) is 0 Å². The number of carbonyl (C=O) groups is 1. The average Bonchev–Trinajstić information content (AvgIpc) is 2.90. The number of nitrogens with zero attached hydrogens (tertiary/aromatic N) is 2. The van der Waals surface area contributed by atoms with E-state index in [1.165, 1.54) is 25.0 Å². The standard InChI is InChI=1S/C21H32FN3O.2ClH/c1-17(19-7-9-23-10-8-19)15-21(26)25-12-2-11-24(13-14-25)16-18-3-5-20(22)6-4-18;;/h3-6,17,19,23H,2,7-16H2,1H3;2*1H. The first-order valence-electron chi connectivity index (χ1n) is 10.1. The second-order valence-electron chi connectivity index (χ2n) is 7.91. The molecular weight excluding hydrogens is 400 g/mol. The molecule has 160 valence electrons. The summed E-state index contributed by atoms with van der Waals surface area (Å²) in [7, 11) is 0. The topological polar surface area (TPSA) is 35.6 Å². The Hall–Kier alpha value is -0.880. The minimum atomic E-state index is -0.191. The molecule has 2 heterocycles. The summed E-state index contributed by atoms with van der Waals surface area (Å²) in [5.74, 6) is 1.29. The lowest BCUT2D eigenvalue weighted by Gasteiger charge is -2.30. The number of benzene rings is 1. The molecule has 7 heteroatoms. The minimum absolute atomic E-state index is 0. The number of hydrogen-bond acceptors (Lipinski definition) is 3. The molecule has 1 aromatic rings. The van der Waals surface area contributed by atoms with E-state index in [-0.39, 0.29) is 30.6 Å². The molecule has 2 aliphatic heterocycles. The van der Waals surface area contributed by atoms with Crippen LogP contribution >= 0.6 is 24.8 Å². The van der Waals surface area contributed by atoms with Crippen molar-refractivity contribution in [2.24, 2.45) is 11.8 Å². The quantitative estimate of drug-likeness (QED) is 0.767. The molecule has 0 aliphatic carbocycles. The smallest absolute Gasteiger partial charge is 0.222 e. The van der Waals surface area contributed by atoms with Gasteiger partial charge < -0.3 is 10.2 Å². The van der Waals surface area contributed by atoms with Gasteiger partial charge in [-0.1, -0.05) is 19.1 Å². The molecule has 4 nitrogen and oxygen atoms in total. The molecule has 1 amide bonds. The van der Waals surface area contributed by atoms with Crippen LogP contribution in [0.2, 0.25) is 0 Å². The van der Waals surface area contributed by atoms with E-state index in [0.717, 1.165) is 57.8 Å². The molecule has 1 aromatic carbocycles. The first-order chi connectivity index (χ1) is 12.6. The molecule has 2 fully saturated rings. The fourth-order valence-corrected chi connectivity index (χ4v) is 4.21. The Morgan fingerprint density at radius 1 is 1.11 bits per heavy atom. The first kappa shape index (κ1) is 25.2. The van der Waals surface area contributed by atoms with Crippen molar-refractivity contribution in [3.05, 3.63) is 35.6 Å². The summed E-state index contributed by atoms with van der Waals surface area (Å²) in [6.45, 7) is 8.80. The number of amides is 1. The lowest BCUT2D eigenvalue weighted by molar-refractivity contribution is -0.132. The molecule has 0 spiro atoms. The van der Waals surface area contributed by atoms with E-state index in [4.69, 9.17) is 0 Å². The van der Waals surface area contributed by atoms with E-state index in [1.807, 2.05) is 12.1 Å². The second-order valence-corrected chi connectivity index (χ2v) is 7.91. The van der Waals surface area contributed by atoms with Gasteiger partial charge in [-0.05, 0) is 61.9 Å². The largest absolute Gasteiger partial charge is 0.341 e. The van der Waals surface area contributed by atoms with Crippen molar-refractivity contribution in [3.63, 3.8) is 0 Å². The molecule has 28 heavy (non-hydrogen) atoms. The fourth-order valence-electron chi connectivity index (χ4n) is 4.21. The Morgan fingerprint density at radius 2 is 1.79 bits per heavy atom. The van der Waals surface area contributed by atoms with Crippen LogP contribution in [0.1, 0.15) is 38.2 Å². The van der Waals surface area contributed by atoms with Crippen molar-refractivity contribution in [2.75, 3.05) is 39.3 Å². The van der Waals surface area contributed by atoms with Crippen LogP contribution in [0.5, 0.6) is 0 Å². The summed E-state index contributed by atoms with van der Waals surface area (Å²) >= 11 is 0. The van der Waals surface area contributed by atoms with Gasteiger partial charge in [-0.15, -0.1) is 24.8 Å². The maximum atomic E-state index is 13.0. The zero-order chi connectivity index (χ0) is 18.4. The van der Waals surface area contributed by atoms with E-state index in [2.05, 4.69) is 22.0 Å². The summed E-state index contributed by atoms with van der Waals surface area (Å²) in [5.41, 5.74) is 1.13. The van der Waals surface area contributed by atoms with Crippen LogP contribution < -0.4 is 5.32 Å². The highest BCUT2D eigenvalue weighted by molar-refractivity contribution is 5.85. The molecule has 1 unspecified atom stereocenters. The third-order valence-corrected chi connectivity index (χ3v) is 5.95. The molecule has 0 radical (unpaired) electrons. The number of rotatable bonds is 5. The Balaban J connectivity index is 0.00000196. The predicted molar refractivity (Wildman–Crippen MR) is 117 cm³/mol. The predicted octanol–water partition coefficient (Wildman–Crippen LogP) is 3.73. The molecule has 2 saturated heterocycles. The van der Waals surface area contributed by atoms with Gasteiger partial charge >= 0.3 is 0 Å². The Bertz CT molecular complexity index is 582. The average molecular weight is 434 g/mol. The third-order valence-electron chi connectivity index (χ3n) is 5.95. The van der Waals surface area contributed by atoms with Crippen molar-refractivity contribution >= 4 is 30.7 Å². The summed E-state index contributed by atoms with van der Waals surface area (Å²) in [6.07, 6.45) is 4.08. The molecule has 3 rings (SSSR count). The monoisotopic (exact) mass is 433 g/mol. The van der Waals surface area contributed by atoms with Gasteiger partial charge in [0, 0.05) is 39.1 Å². The van der Waals surface area contributed by atoms with Crippen LogP contribution in [0, 0.1) is 17.7 Å². The van der Waals surface area contributed by atoms with Gasteiger partial charge in [0.05, 0.1) is 0 Å². The van der Waals surface area contributed by atoms with Crippen molar-refractivity contribution in [2.45, 2.75) is 39.2 Å². The van der Waals surface area contributed by atoms with Gasteiger partial charge in [0.2, 0.25) is 5.91 Å². The zero-order valence-electron chi connectivity index (χ0n) is 16.7. The van der Waals surface area contributed by atoms with Crippen LogP contribution in [-0.2, 0) is 11.3 Å². The molecule has 0 bridgehead atoms. The van der Waals surface area contributed by atoms with Crippen LogP contribution in [0.15, 0.2) is 24.3 Å². The van der Waals surface area contributed by atoms with Crippen molar-refractivity contribution < 1.29 is 9.18 Å². The van der Waals surface area contributed by atoms with Gasteiger partial charge in [-0.25, -0.2) is 4.39 Å². The minimum Gasteiger partial charge on any atom is -0.341 e. The van der Waals surface area contributed by atoms with Gasteiger partial charge in [-0.2, -0.15) is 0 Å². The summed E-state index contributed by atoms with van der Waals surface area (Å²) in [6, 6.07) is 6.74. The molecular formula is C21H34Cl2FN3O. The van der Waals surface area contributed by atoms with E-state index in [9.17, 15) is 9.18 Å². The molecule has 2 aliphatic rings. The Labute approximate surface area is 181 Å². The lowest BCUT2D eigenvalue weighted by atomic mass is 9.84. The van der Waals surface area contributed by atoms with Crippen LogP contribution in [0.25, 0.3) is 0 Å². The van der Waals surface area contributed by atoms with E-state index < -0.39 is 0 Å². The third kappa shape index (κ3) is 7.51. The summed E-state index contributed by atoms with van der Waals surface area (Å²) in [4.78, 5) is 17.2. The molecule has 0 aromatic heterocycles. The molecule has 1 atom stereocenters. The number of carbonyl (C=O) groups excluding carboxylic acids is 1.